The number of aliphatic hydroxyl groups is 1. The molecule has 3 rings (SSSR count). The molecule has 6 nitrogen and oxygen atoms in total. The van der Waals surface area contributed by atoms with Gasteiger partial charge in [-0.25, -0.2) is 9.07 Å². The molecule has 1 N–H and O–H groups in total. The number of hydrogen-bond donors (Lipinski definition) is 1. The van der Waals surface area contributed by atoms with Crippen LogP contribution in [0.25, 0.3) is 11.3 Å². The Morgan fingerprint density at radius 2 is 1.63 bits per heavy atom. The Morgan fingerprint density at radius 1 is 0.943 bits per heavy atom. The fraction of sp³-hybridized carbons (Fsp3) is 0.464. The summed E-state index contributed by atoms with van der Waals surface area (Å²) in [6.45, 7) is 11.1. The zero-order valence-electron chi connectivity index (χ0n) is 21.4. The lowest BCUT2D eigenvalue weighted by Gasteiger charge is -2.27. The van der Waals surface area contributed by atoms with Gasteiger partial charge in [0.2, 0.25) is 5.88 Å². The van der Waals surface area contributed by atoms with E-state index in [4.69, 9.17) is 14.6 Å². The largest absolute Gasteiger partial charge is 0.436 e. The number of aromatic nitrogens is 2. The second kappa shape index (κ2) is 12.8. The van der Waals surface area contributed by atoms with E-state index in [2.05, 4.69) is 32.6 Å². The molecule has 0 spiro atoms. The van der Waals surface area contributed by atoms with Crippen molar-refractivity contribution in [2.24, 2.45) is 18.9 Å². The SMILES string of the molecule is CC(C)COC[C@@H](O)CN(Cc1c(-c2ccccc2)nn(C)c1Oc1ccccc1F)CC(C)C. The number of nitrogens with zero attached hydrogens (tertiary/aromatic N) is 3. The third-order valence-corrected chi connectivity index (χ3v) is 5.41. The highest BCUT2D eigenvalue weighted by Crippen LogP contribution is 2.35. The van der Waals surface area contributed by atoms with E-state index in [1.807, 2.05) is 30.3 Å². The quantitative estimate of drug-likeness (QED) is 0.347. The smallest absolute Gasteiger partial charge is 0.222 e. The Balaban J connectivity index is 1.93. The molecular weight excluding hydrogens is 445 g/mol. The van der Waals surface area contributed by atoms with Crippen molar-refractivity contribution in [3.8, 4) is 22.9 Å². The molecule has 0 radical (unpaired) electrons. The number of halogens is 1. The molecule has 1 aromatic heterocycles. The van der Waals surface area contributed by atoms with Gasteiger partial charge < -0.3 is 14.6 Å². The number of rotatable bonds is 13. The van der Waals surface area contributed by atoms with E-state index >= 15 is 0 Å². The summed E-state index contributed by atoms with van der Waals surface area (Å²) in [6, 6.07) is 16.2. The number of benzene rings is 2. The average Bonchev–Trinajstić information content (AvgIpc) is 3.10. The molecule has 35 heavy (non-hydrogen) atoms. The summed E-state index contributed by atoms with van der Waals surface area (Å²) in [4.78, 5) is 2.19. The molecule has 2 aromatic carbocycles. The zero-order valence-corrected chi connectivity index (χ0v) is 21.4. The minimum atomic E-state index is -0.625. The van der Waals surface area contributed by atoms with Crippen LogP contribution in [0, 0.1) is 17.7 Å². The molecule has 0 aliphatic carbocycles. The van der Waals surface area contributed by atoms with E-state index in [-0.39, 0.29) is 12.4 Å². The summed E-state index contributed by atoms with van der Waals surface area (Å²) in [5.74, 6) is 0.988. The van der Waals surface area contributed by atoms with Crippen LogP contribution in [0.2, 0.25) is 0 Å². The van der Waals surface area contributed by atoms with Gasteiger partial charge >= 0.3 is 0 Å². The molecule has 0 amide bonds. The van der Waals surface area contributed by atoms with E-state index in [0.717, 1.165) is 23.4 Å². The molecule has 1 atom stereocenters. The summed E-state index contributed by atoms with van der Waals surface area (Å²) < 4.78 is 27.8. The number of ether oxygens (including phenoxy) is 2. The van der Waals surface area contributed by atoms with Gasteiger partial charge in [-0.15, -0.1) is 0 Å². The van der Waals surface area contributed by atoms with Gasteiger partial charge in [-0.3, -0.25) is 4.90 Å². The summed E-state index contributed by atoms with van der Waals surface area (Å²) in [7, 11) is 1.80. The molecule has 0 aliphatic heterocycles. The van der Waals surface area contributed by atoms with E-state index < -0.39 is 11.9 Å². The third kappa shape index (κ3) is 7.88. The van der Waals surface area contributed by atoms with Gasteiger partial charge in [0.1, 0.15) is 5.69 Å². The molecule has 3 aromatic rings. The van der Waals surface area contributed by atoms with Gasteiger partial charge in [-0.1, -0.05) is 70.2 Å². The summed E-state index contributed by atoms with van der Waals surface area (Å²) in [5.41, 5.74) is 2.57. The molecule has 0 fully saturated rings. The standard InChI is InChI=1S/C28H38FN3O3/c1-20(2)15-32(16-23(33)19-34-18-21(3)4)17-24-27(22-11-7-6-8-12-22)30-31(5)28(24)35-26-14-10-9-13-25(26)29/h6-14,20-21,23,33H,15-19H2,1-5H3/t23-/m0/s1. The van der Waals surface area contributed by atoms with Crippen LogP contribution in [0.5, 0.6) is 11.6 Å². The maximum atomic E-state index is 14.4. The van der Waals surface area contributed by atoms with Crippen LogP contribution in [-0.4, -0.2) is 52.2 Å². The van der Waals surface area contributed by atoms with Crippen molar-refractivity contribution < 1.29 is 19.0 Å². The molecule has 0 saturated carbocycles. The number of aliphatic hydroxyl groups excluding tert-OH is 1. The van der Waals surface area contributed by atoms with Crippen LogP contribution < -0.4 is 4.74 Å². The Hall–Kier alpha value is -2.74. The highest BCUT2D eigenvalue weighted by molar-refractivity contribution is 5.65. The Labute approximate surface area is 208 Å². The van der Waals surface area contributed by atoms with Gasteiger partial charge in [0.15, 0.2) is 11.6 Å². The lowest BCUT2D eigenvalue weighted by Crippen LogP contribution is -2.37. The molecule has 0 aliphatic rings. The van der Waals surface area contributed by atoms with Crippen molar-refractivity contribution in [1.82, 2.24) is 14.7 Å². The van der Waals surface area contributed by atoms with Crippen molar-refractivity contribution in [2.75, 3.05) is 26.3 Å². The van der Waals surface area contributed by atoms with Crippen molar-refractivity contribution in [3.63, 3.8) is 0 Å². The van der Waals surface area contributed by atoms with Crippen LogP contribution in [0.1, 0.15) is 33.3 Å². The summed E-state index contributed by atoms with van der Waals surface area (Å²) in [6.07, 6.45) is -0.625. The molecular formula is C28H38FN3O3. The van der Waals surface area contributed by atoms with Crippen molar-refractivity contribution in [1.29, 1.82) is 0 Å². The first-order valence-electron chi connectivity index (χ1n) is 12.3. The van der Waals surface area contributed by atoms with E-state index in [1.165, 1.54) is 6.07 Å². The summed E-state index contributed by atoms with van der Waals surface area (Å²) in [5, 5.41) is 15.4. The molecule has 7 heteroatoms. The fourth-order valence-electron chi connectivity index (χ4n) is 4.02. The minimum Gasteiger partial charge on any atom is -0.436 e. The lowest BCUT2D eigenvalue weighted by molar-refractivity contribution is 0.00516. The summed E-state index contributed by atoms with van der Waals surface area (Å²) >= 11 is 0. The minimum absolute atomic E-state index is 0.147. The fourth-order valence-corrected chi connectivity index (χ4v) is 4.02. The van der Waals surface area contributed by atoms with Crippen molar-refractivity contribution in [3.05, 3.63) is 66.0 Å². The monoisotopic (exact) mass is 483 g/mol. The highest BCUT2D eigenvalue weighted by Gasteiger charge is 2.24. The van der Waals surface area contributed by atoms with E-state index in [0.29, 0.717) is 37.4 Å². The van der Waals surface area contributed by atoms with Gasteiger partial charge in [0.05, 0.1) is 18.3 Å². The van der Waals surface area contributed by atoms with Crippen LogP contribution in [0.4, 0.5) is 4.39 Å². The number of para-hydroxylation sites is 1. The molecule has 0 saturated heterocycles. The Bertz CT molecular complexity index is 1050. The molecule has 0 bridgehead atoms. The third-order valence-electron chi connectivity index (χ3n) is 5.41. The number of aryl methyl sites for hydroxylation is 1. The molecule has 190 valence electrons. The van der Waals surface area contributed by atoms with Gasteiger partial charge in [0, 0.05) is 38.9 Å². The van der Waals surface area contributed by atoms with Crippen LogP contribution in [0.15, 0.2) is 54.6 Å². The first kappa shape index (κ1) is 26.9. The van der Waals surface area contributed by atoms with Gasteiger partial charge in [-0.05, 0) is 24.0 Å². The van der Waals surface area contributed by atoms with E-state index in [9.17, 15) is 9.50 Å². The second-order valence-electron chi connectivity index (χ2n) is 9.83. The molecule has 1 heterocycles. The first-order valence-corrected chi connectivity index (χ1v) is 12.3. The van der Waals surface area contributed by atoms with Gasteiger partial charge in [-0.2, -0.15) is 5.10 Å². The topological polar surface area (TPSA) is 59.8 Å². The first-order chi connectivity index (χ1) is 16.7. The van der Waals surface area contributed by atoms with Crippen molar-refractivity contribution in [2.45, 2.75) is 40.3 Å². The highest BCUT2D eigenvalue weighted by atomic mass is 19.1. The van der Waals surface area contributed by atoms with Crippen LogP contribution in [0.3, 0.4) is 0 Å². The van der Waals surface area contributed by atoms with E-state index in [1.54, 1.807) is 29.9 Å². The predicted molar refractivity (Wildman–Crippen MR) is 137 cm³/mol. The predicted octanol–water partition coefficient (Wildman–Crippen LogP) is 5.51. The number of hydrogen-bond acceptors (Lipinski definition) is 5. The second-order valence-corrected chi connectivity index (χ2v) is 9.83. The lowest BCUT2D eigenvalue weighted by atomic mass is 10.1. The zero-order chi connectivity index (χ0) is 25.4. The van der Waals surface area contributed by atoms with Crippen LogP contribution in [-0.2, 0) is 18.3 Å². The van der Waals surface area contributed by atoms with Gasteiger partial charge in [0.25, 0.3) is 0 Å². The maximum absolute atomic E-state index is 14.4. The maximum Gasteiger partial charge on any atom is 0.222 e. The molecule has 0 unspecified atom stereocenters. The Morgan fingerprint density at radius 3 is 2.29 bits per heavy atom. The average molecular weight is 484 g/mol. The van der Waals surface area contributed by atoms with Crippen molar-refractivity contribution >= 4 is 0 Å². The normalized spacial score (nSPS) is 12.6. The van der Waals surface area contributed by atoms with Crippen LogP contribution >= 0.6 is 0 Å². The Kier molecular flexibility index (Phi) is 9.83.